The van der Waals surface area contributed by atoms with Crippen LogP contribution in [0.3, 0.4) is 0 Å². The van der Waals surface area contributed by atoms with E-state index in [-0.39, 0.29) is 6.10 Å². The topological polar surface area (TPSA) is 35.2 Å². The van der Waals surface area contributed by atoms with Gasteiger partial charge in [-0.3, -0.25) is 0 Å². The molecule has 2 N–H and O–H groups in total. The van der Waals surface area contributed by atoms with Gasteiger partial charge in [0.15, 0.2) is 0 Å². The molecule has 0 amide bonds. The first-order valence-corrected chi connectivity index (χ1v) is 6.97. The van der Waals surface area contributed by atoms with E-state index >= 15 is 0 Å². The van der Waals surface area contributed by atoms with E-state index in [0.717, 1.165) is 5.75 Å². The van der Waals surface area contributed by atoms with E-state index in [0.29, 0.717) is 6.54 Å². The van der Waals surface area contributed by atoms with Crippen molar-refractivity contribution in [1.29, 1.82) is 0 Å². The second kappa shape index (κ2) is 5.55. The number of hydrogen-bond acceptors (Lipinski definition) is 3. The molecule has 0 spiro atoms. The third-order valence-electron chi connectivity index (χ3n) is 2.94. The third-order valence-corrected chi connectivity index (χ3v) is 3.90. The Morgan fingerprint density at radius 3 is 2.39 bits per heavy atom. The third kappa shape index (κ3) is 2.74. The molecule has 0 fully saturated rings. The van der Waals surface area contributed by atoms with Crippen molar-refractivity contribution in [2.45, 2.75) is 26.9 Å². The van der Waals surface area contributed by atoms with E-state index in [9.17, 15) is 0 Å². The van der Waals surface area contributed by atoms with Gasteiger partial charge in [0, 0.05) is 11.4 Å². The summed E-state index contributed by atoms with van der Waals surface area (Å²) >= 11 is 1.68. The van der Waals surface area contributed by atoms with Gasteiger partial charge in [0.1, 0.15) is 11.9 Å². The van der Waals surface area contributed by atoms with Crippen LogP contribution in [0.5, 0.6) is 5.75 Å². The summed E-state index contributed by atoms with van der Waals surface area (Å²) in [6, 6.07) is 8.39. The van der Waals surface area contributed by atoms with Gasteiger partial charge < -0.3 is 10.5 Å². The summed E-state index contributed by atoms with van der Waals surface area (Å²) in [7, 11) is 0. The lowest BCUT2D eigenvalue weighted by molar-refractivity contribution is 0.215. The normalized spacial score (nSPS) is 12.4. The number of rotatable bonds is 4. The Morgan fingerprint density at radius 2 is 1.89 bits per heavy atom. The monoisotopic (exact) mass is 261 g/mol. The highest BCUT2D eigenvalue weighted by molar-refractivity contribution is 7.10. The molecule has 96 valence electrons. The first-order valence-electron chi connectivity index (χ1n) is 6.09. The van der Waals surface area contributed by atoms with E-state index < -0.39 is 0 Å². The van der Waals surface area contributed by atoms with E-state index in [4.69, 9.17) is 10.5 Å². The van der Waals surface area contributed by atoms with Crippen LogP contribution < -0.4 is 10.5 Å². The molecule has 3 heteroatoms. The van der Waals surface area contributed by atoms with Crippen LogP contribution in [0.1, 0.15) is 27.7 Å². The summed E-state index contributed by atoms with van der Waals surface area (Å²) in [5, 5.41) is 2.05. The molecule has 0 aliphatic heterocycles. The van der Waals surface area contributed by atoms with E-state index in [1.807, 2.05) is 6.07 Å². The van der Waals surface area contributed by atoms with Gasteiger partial charge in [-0.1, -0.05) is 23.8 Å². The molecule has 0 aliphatic rings. The molecule has 1 aromatic heterocycles. The van der Waals surface area contributed by atoms with Crippen molar-refractivity contribution in [3.63, 3.8) is 0 Å². The van der Waals surface area contributed by atoms with Gasteiger partial charge in [0.05, 0.1) is 0 Å². The number of thiophene rings is 1. The Labute approximate surface area is 112 Å². The van der Waals surface area contributed by atoms with Crippen molar-refractivity contribution < 1.29 is 4.74 Å². The van der Waals surface area contributed by atoms with E-state index in [2.05, 4.69) is 44.4 Å². The van der Waals surface area contributed by atoms with Crippen LogP contribution in [0.25, 0.3) is 0 Å². The molecule has 0 bridgehead atoms. The van der Waals surface area contributed by atoms with Crippen molar-refractivity contribution in [3.8, 4) is 5.75 Å². The first kappa shape index (κ1) is 13.1. The minimum absolute atomic E-state index is 0.0508. The van der Waals surface area contributed by atoms with Gasteiger partial charge in [0.25, 0.3) is 0 Å². The molecule has 2 aromatic rings. The first-order chi connectivity index (χ1) is 8.61. The molecule has 1 aromatic carbocycles. The Bertz CT molecular complexity index is 496. The number of ether oxygens (including phenoxy) is 1. The van der Waals surface area contributed by atoms with E-state index in [1.165, 1.54) is 21.6 Å². The number of benzene rings is 1. The summed E-state index contributed by atoms with van der Waals surface area (Å²) in [6.07, 6.45) is -0.0508. The zero-order valence-corrected chi connectivity index (χ0v) is 11.9. The molecule has 0 saturated carbocycles. The summed E-state index contributed by atoms with van der Waals surface area (Å²) < 4.78 is 6.11. The van der Waals surface area contributed by atoms with Crippen LogP contribution >= 0.6 is 11.3 Å². The lowest BCUT2D eigenvalue weighted by Gasteiger charge is -2.20. The molecule has 18 heavy (non-hydrogen) atoms. The van der Waals surface area contributed by atoms with Gasteiger partial charge in [-0.05, 0) is 43.3 Å². The van der Waals surface area contributed by atoms with Crippen LogP contribution in [-0.2, 0) is 0 Å². The average Bonchev–Trinajstić information content (AvgIpc) is 2.81. The van der Waals surface area contributed by atoms with Crippen molar-refractivity contribution in [2.75, 3.05) is 6.54 Å². The zero-order valence-electron chi connectivity index (χ0n) is 11.1. The van der Waals surface area contributed by atoms with Gasteiger partial charge in [-0.15, -0.1) is 11.3 Å². The minimum Gasteiger partial charge on any atom is -0.483 e. The maximum absolute atomic E-state index is 6.11. The predicted molar refractivity (Wildman–Crippen MR) is 77.4 cm³/mol. The fourth-order valence-electron chi connectivity index (χ4n) is 2.19. The number of aryl methyl sites for hydroxylation is 3. The van der Waals surface area contributed by atoms with Crippen molar-refractivity contribution in [2.24, 2.45) is 5.73 Å². The SMILES string of the molecule is Cc1cc(C)c(OC(CN)c2cccs2)c(C)c1. The van der Waals surface area contributed by atoms with Gasteiger partial charge in [0.2, 0.25) is 0 Å². The van der Waals surface area contributed by atoms with Crippen molar-refractivity contribution in [3.05, 3.63) is 51.2 Å². The van der Waals surface area contributed by atoms with E-state index in [1.54, 1.807) is 11.3 Å². The molecule has 0 radical (unpaired) electrons. The Kier molecular flexibility index (Phi) is 4.04. The lowest BCUT2D eigenvalue weighted by atomic mass is 10.1. The largest absolute Gasteiger partial charge is 0.483 e. The van der Waals surface area contributed by atoms with Crippen LogP contribution in [0.2, 0.25) is 0 Å². The second-order valence-electron chi connectivity index (χ2n) is 4.59. The van der Waals surface area contributed by atoms with Crippen LogP contribution in [0.15, 0.2) is 29.6 Å². The Morgan fingerprint density at radius 1 is 1.22 bits per heavy atom. The molecule has 1 unspecified atom stereocenters. The molecule has 0 saturated heterocycles. The standard InChI is InChI=1S/C15H19NOS/c1-10-7-11(2)15(12(3)8-10)17-13(9-16)14-5-4-6-18-14/h4-8,13H,9,16H2,1-3H3. The van der Waals surface area contributed by atoms with Gasteiger partial charge in [-0.25, -0.2) is 0 Å². The van der Waals surface area contributed by atoms with Crippen molar-refractivity contribution in [1.82, 2.24) is 0 Å². The molecule has 2 nitrogen and oxygen atoms in total. The Balaban J connectivity index is 2.28. The molecule has 1 heterocycles. The Hall–Kier alpha value is -1.32. The summed E-state index contributed by atoms with van der Waals surface area (Å²) in [6.45, 7) is 6.76. The molecule has 0 aliphatic carbocycles. The van der Waals surface area contributed by atoms with Crippen LogP contribution in [0, 0.1) is 20.8 Å². The molecular weight excluding hydrogens is 242 g/mol. The highest BCUT2D eigenvalue weighted by atomic mass is 32.1. The fraction of sp³-hybridized carbons (Fsp3) is 0.333. The summed E-state index contributed by atoms with van der Waals surface area (Å²) in [5.41, 5.74) is 9.42. The highest BCUT2D eigenvalue weighted by Crippen LogP contribution is 2.30. The smallest absolute Gasteiger partial charge is 0.145 e. The highest BCUT2D eigenvalue weighted by Gasteiger charge is 2.15. The quantitative estimate of drug-likeness (QED) is 0.909. The number of nitrogens with two attached hydrogens (primary N) is 1. The summed E-state index contributed by atoms with van der Waals surface area (Å²) in [4.78, 5) is 1.18. The van der Waals surface area contributed by atoms with Gasteiger partial charge >= 0.3 is 0 Å². The fourth-order valence-corrected chi connectivity index (χ4v) is 2.96. The minimum atomic E-state index is -0.0508. The zero-order chi connectivity index (χ0) is 13.1. The van der Waals surface area contributed by atoms with Crippen LogP contribution in [-0.4, -0.2) is 6.54 Å². The maximum Gasteiger partial charge on any atom is 0.145 e. The maximum atomic E-state index is 6.11. The van der Waals surface area contributed by atoms with Gasteiger partial charge in [-0.2, -0.15) is 0 Å². The second-order valence-corrected chi connectivity index (χ2v) is 5.56. The van der Waals surface area contributed by atoms with Crippen molar-refractivity contribution >= 4 is 11.3 Å². The summed E-state index contributed by atoms with van der Waals surface area (Å²) in [5.74, 6) is 0.962. The molecule has 2 rings (SSSR count). The lowest BCUT2D eigenvalue weighted by Crippen LogP contribution is -2.18. The molecular formula is C15H19NOS. The van der Waals surface area contributed by atoms with Crippen LogP contribution in [0.4, 0.5) is 0 Å². The predicted octanol–water partition coefficient (Wildman–Crippen LogP) is 3.75. The molecule has 1 atom stereocenters. The average molecular weight is 261 g/mol. The number of hydrogen-bond donors (Lipinski definition) is 1.